The van der Waals surface area contributed by atoms with Crippen LogP contribution in [0.15, 0.2) is 18.2 Å². The van der Waals surface area contributed by atoms with E-state index in [0.717, 1.165) is 25.3 Å². The molecule has 0 amide bonds. The van der Waals surface area contributed by atoms with Crippen LogP contribution in [0.4, 0.5) is 0 Å². The molecule has 0 radical (unpaired) electrons. The van der Waals surface area contributed by atoms with Crippen LogP contribution < -0.4 is 9.74 Å². The Hall–Kier alpha value is -0.803. The van der Waals surface area contributed by atoms with Crippen molar-refractivity contribution < 1.29 is 4.43 Å². The van der Waals surface area contributed by atoms with Crippen LogP contribution in [0.1, 0.15) is 11.1 Å². The first kappa shape index (κ1) is 10.7. The maximum absolute atomic E-state index is 6.11. The smallest absolute Gasteiger partial charge is 0.242 e. The Morgan fingerprint density at radius 3 is 2.80 bits per heavy atom. The van der Waals surface area contributed by atoms with E-state index >= 15 is 0 Å². The summed E-state index contributed by atoms with van der Waals surface area (Å²) in [5.41, 5.74) is 2.82. The summed E-state index contributed by atoms with van der Waals surface area (Å²) in [5, 5.41) is 3.39. The molecule has 2 rings (SSSR count). The highest BCUT2D eigenvalue weighted by molar-refractivity contribution is 6.70. The SMILES string of the molecule is C[Si](C)(C)Oc1cccc2c1CCNC2. The molecule has 0 aliphatic carbocycles. The molecule has 0 bridgehead atoms. The first-order valence-electron chi connectivity index (χ1n) is 5.57. The first-order valence-corrected chi connectivity index (χ1v) is 8.97. The van der Waals surface area contributed by atoms with Crippen LogP contribution in [0.5, 0.6) is 5.75 Å². The first-order chi connectivity index (χ1) is 7.06. The third-order valence-corrected chi connectivity index (χ3v) is 3.35. The standard InChI is InChI=1S/C12H19NOSi/c1-15(2,3)14-12-6-4-5-10-9-13-8-7-11(10)12/h4-6,13H,7-9H2,1-3H3. The molecule has 1 aromatic rings. The van der Waals surface area contributed by atoms with Crippen LogP contribution in [0.25, 0.3) is 0 Å². The van der Waals surface area contributed by atoms with Crippen LogP contribution in [0.2, 0.25) is 19.6 Å². The lowest BCUT2D eigenvalue weighted by atomic mass is 10.0. The van der Waals surface area contributed by atoms with E-state index in [2.05, 4.69) is 43.2 Å². The molecule has 1 heterocycles. The molecule has 1 aliphatic rings. The quantitative estimate of drug-likeness (QED) is 0.775. The maximum Gasteiger partial charge on any atom is 0.242 e. The van der Waals surface area contributed by atoms with Gasteiger partial charge in [-0.3, -0.25) is 0 Å². The Balaban J connectivity index is 2.31. The van der Waals surface area contributed by atoms with Gasteiger partial charge in [0.25, 0.3) is 0 Å². The third-order valence-electron chi connectivity index (χ3n) is 2.51. The minimum atomic E-state index is -1.48. The molecule has 3 heteroatoms. The van der Waals surface area contributed by atoms with Crippen LogP contribution in [-0.2, 0) is 13.0 Å². The minimum Gasteiger partial charge on any atom is -0.544 e. The van der Waals surface area contributed by atoms with Gasteiger partial charge in [0.05, 0.1) is 0 Å². The molecule has 0 spiro atoms. The number of hydrogen-bond donors (Lipinski definition) is 1. The molecule has 0 saturated carbocycles. The van der Waals surface area contributed by atoms with Crippen molar-refractivity contribution in [3.8, 4) is 5.75 Å². The van der Waals surface area contributed by atoms with E-state index < -0.39 is 8.32 Å². The number of rotatable bonds is 2. The highest BCUT2D eigenvalue weighted by atomic mass is 28.4. The van der Waals surface area contributed by atoms with Gasteiger partial charge in [-0.2, -0.15) is 0 Å². The second kappa shape index (κ2) is 3.98. The number of nitrogens with one attached hydrogen (secondary N) is 1. The lowest BCUT2D eigenvalue weighted by molar-refractivity contribution is 0.534. The van der Waals surface area contributed by atoms with E-state index in [4.69, 9.17) is 4.43 Å². The topological polar surface area (TPSA) is 21.3 Å². The van der Waals surface area contributed by atoms with E-state index in [9.17, 15) is 0 Å². The van der Waals surface area contributed by atoms with Gasteiger partial charge >= 0.3 is 0 Å². The third kappa shape index (κ3) is 2.61. The summed E-state index contributed by atoms with van der Waals surface area (Å²) in [5.74, 6) is 1.12. The van der Waals surface area contributed by atoms with Gasteiger partial charge in [0.2, 0.25) is 8.32 Å². The van der Waals surface area contributed by atoms with Gasteiger partial charge in [-0.05, 0) is 49.8 Å². The summed E-state index contributed by atoms with van der Waals surface area (Å²) in [6.45, 7) is 8.74. The van der Waals surface area contributed by atoms with Crippen LogP contribution in [-0.4, -0.2) is 14.9 Å². The van der Waals surface area contributed by atoms with Crippen molar-refractivity contribution in [2.45, 2.75) is 32.6 Å². The van der Waals surface area contributed by atoms with Crippen molar-refractivity contribution in [1.82, 2.24) is 5.32 Å². The molecule has 0 atom stereocenters. The molecule has 1 aromatic carbocycles. The molecule has 1 N–H and O–H groups in total. The van der Waals surface area contributed by atoms with Gasteiger partial charge in [-0.15, -0.1) is 0 Å². The predicted octanol–water partition coefficient (Wildman–Crippen LogP) is 2.55. The van der Waals surface area contributed by atoms with Crippen molar-refractivity contribution in [3.63, 3.8) is 0 Å². The Kier molecular flexibility index (Phi) is 2.84. The van der Waals surface area contributed by atoms with Gasteiger partial charge in [0, 0.05) is 6.54 Å². The summed E-state index contributed by atoms with van der Waals surface area (Å²) in [4.78, 5) is 0. The van der Waals surface area contributed by atoms with Gasteiger partial charge in [-0.25, -0.2) is 0 Å². The summed E-state index contributed by atoms with van der Waals surface area (Å²) in [6.07, 6.45) is 1.09. The molecular formula is C12H19NOSi. The van der Waals surface area contributed by atoms with Crippen molar-refractivity contribution >= 4 is 8.32 Å². The Morgan fingerprint density at radius 1 is 1.27 bits per heavy atom. The molecule has 1 aliphatic heterocycles. The number of hydrogen-bond acceptors (Lipinski definition) is 2. The molecule has 2 nitrogen and oxygen atoms in total. The number of benzene rings is 1. The van der Waals surface area contributed by atoms with E-state index in [1.165, 1.54) is 11.1 Å². The largest absolute Gasteiger partial charge is 0.544 e. The van der Waals surface area contributed by atoms with E-state index in [1.54, 1.807) is 0 Å². The van der Waals surface area contributed by atoms with Crippen LogP contribution in [0, 0.1) is 0 Å². The van der Waals surface area contributed by atoms with Crippen molar-refractivity contribution in [2.75, 3.05) is 6.54 Å². The summed E-state index contributed by atoms with van der Waals surface area (Å²) >= 11 is 0. The van der Waals surface area contributed by atoms with Gasteiger partial charge < -0.3 is 9.74 Å². The van der Waals surface area contributed by atoms with Crippen molar-refractivity contribution in [3.05, 3.63) is 29.3 Å². The van der Waals surface area contributed by atoms with Crippen molar-refractivity contribution in [1.29, 1.82) is 0 Å². The predicted molar refractivity (Wildman–Crippen MR) is 65.8 cm³/mol. The Morgan fingerprint density at radius 2 is 2.07 bits per heavy atom. The van der Waals surface area contributed by atoms with E-state index in [1.807, 2.05) is 0 Å². The molecule has 0 fully saturated rings. The Bertz CT molecular complexity index is 357. The molecule has 82 valence electrons. The van der Waals surface area contributed by atoms with Crippen LogP contribution >= 0.6 is 0 Å². The highest BCUT2D eigenvalue weighted by Crippen LogP contribution is 2.27. The van der Waals surface area contributed by atoms with Gasteiger partial charge in [0.1, 0.15) is 5.75 Å². The van der Waals surface area contributed by atoms with Crippen LogP contribution in [0.3, 0.4) is 0 Å². The fraction of sp³-hybridized carbons (Fsp3) is 0.500. The summed E-state index contributed by atoms with van der Waals surface area (Å²) in [6, 6.07) is 6.41. The molecule has 0 aromatic heterocycles. The lowest BCUT2D eigenvalue weighted by Gasteiger charge is -2.25. The average molecular weight is 221 g/mol. The fourth-order valence-electron chi connectivity index (χ4n) is 1.92. The fourth-order valence-corrected chi connectivity index (χ4v) is 2.77. The molecular weight excluding hydrogens is 202 g/mol. The minimum absolute atomic E-state index is 0.984. The van der Waals surface area contributed by atoms with Gasteiger partial charge in [-0.1, -0.05) is 12.1 Å². The summed E-state index contributed by atoms with van der Waals surface area (Å²) < 4.78 is 6.11. The van der Waals surface area contributed by atoms with Gasteiger partial charge in [0.15, 0.2) is 0 Å². The Labute approximate surface area is 92.8 Å². The zero-order chi connectivity index (χ0) is 10.9. The maximum atomic E-state index is 6.11. The zero-order valence-electron chi connectivity index (χ0n) is 9.76. The lowest BCUT2D eigenvalue weighted by Crippen LogP contribution is -2.31. The molecule has 15 heavy (non-hydrogen) atoms. The van der Waals surface area contributed by atoms with E-state index in [-0.39, 0.29) is 0 Å². The normalized spacial score (nSPS) is 15.9. The molecule has 0 unspecified atom stereocenters. The zero-order valence-corrected chi connectivity index (χ0v) is 10.8. The second-order valence-corrected chi connectivity index (χ2v) is 9.46. The van der Waals surface area contributed by atoms with Crippen molar-refractivity contribution in [2.24, 2.45) is 0 Å². The monoisotopic (exact) mass is 221 g/mol. The number of fused-ring (bicyclic) bond motifs is 1. The average Bonchev–Trinajstić information content (AvgIpc) is 2.16. The second-order valence-electron chi connectivity index (χ2n) is 5.04. The summed E-state index contributed by atoms with van der Waals surface area (Å²) in [7, 11) is -1.48. The van der Waals surface area contributed by atoms with E-state index in [0.29, 0.717) is 0 Å². The highest BCUT2D eigenvalue weighted by Gasteiger charge is 2.20. The molecule has 0 saturated heterocycles.